The molecule has 1 amide bonds. The van der Waals surface area contributed by atoms with E-state index in [1.807, 2.05) is 30.3 Å². The van der Waals surface area contributed by atoms with Crippen LogP contribution in [0.4, 0.5) is 0 Å². The molecule has 0 bridgehead atoms. The molecule has 0 aliphatic heterocycles. The zero-order chi connectivity index (χ0) is 15.0. The molecule has 0 aliphatic rings. The molecule has 1 aromatic carbocycles. The lowest BCUT2D eigenvalue weighted by Crippen LogP contribution is -2.34. The van der Waals surface area contributed by atoms with E-state index in [-0.39, 0.29) is 25.4 Å². The number of hydrogen-bond donors (Lipinski definition) is 1. The van der Waals surface area contributed by atoms with E-state index in [0.717, 1.165) is 11.8 Å². The molecule has 6 heteroatoms. The molecule has 0 heterocycles. The van der Waals surface area contributed by atoms with Crippen LogP contribution in [0.1, 0.15) is 12.0 Å². The SMILES string of the molecule is C=CCNC(=O)CCN(Cc1ccccc1)S(C)(=O)=O. The van der Waals surface area contributed by atoms with E-state index in [4.69, 9.17) is 0 Å². The van der Waals surface area contributed by atoms with Crippen LogP contribution in [0, 0.1) is 0 Å². The van der Waals surface area contributed by atoms with Crippen LogP contribution < -0.4 is 5.32 Å². The van der Waals surface area contributed by atoms with Crippen molar-refractivity contribution in [1.29, 1.82) is 0 Å². The Kier molecular flexibility index (Phi) is 6.41. The Hall–Kier alpha value is -1.66. The third kappa shape index (κ3) is 5.99. The third-order valence-electron chi connectivity index (χ3n) is 2.70. The summed E-state index contributed by atoms with van der Waals surface area (Å²) in [7, 11) is -3.35. The molecule has 0 saturated carbocycles. The fraction of sp³-hybridized carbons (Fsp3) is 0.357. The van der Waals surface area contributed by atoms with Crippen molar-refractivity contribution >= 4 is 15.9 Å². The number of nitrogens with zero attached hydrogens (tertiary/aromatic N) is 1. The Balaban J connectivity index is 2.62. The first-order valence-corrected chi connectivity index (χ1v) is 8.15. The minimum Gasteiger partial charge on any atom is -0.353 e. The van der Waals surface area contributed by atoms with Crippen molar-refractivity contribution in [3.05, 3.63) is 48.6 Å². The fourth-order valence-electron chi connectivity index (χ4n) is 1.65. The molecule has 0 atom stereocenters. The average Bonchev–Trinajstić information content (AvgIpc) is 2.41. The molecule has 0 radical (unpaired) electrons. The quantitative estimate of drug-likeness (QED) is 0.732. The van der Waals surface area contributed by atoms with Crippen LogP contribution in [-0.2, 0) is 21.4 Å². The van der Waals surface area contributed by atoms with Gasteiger partial charge >= 0.3 is 0 Å². The predicted octanol–water partition coefficient (Wildman–Crippen LogP) is 1.14. The van der Waals surface area contributed by atoms with Crippen LogP contribution >= 0.6 is 0 Å². The van der Waals surface area contributed by atoms with Gasteiger partial charge in [0.2, 0.25) is 15.9 Å². The van der Waals surface area contributed by atoms with Crippen molar-refractivity contribution in [2.75, 3.05) is 19.3 Å². The van der Waals surface area contributed by atoms with Gasteiger partial charge in [-0.25, -0.2) is 8.42 Å². The van der Waals surface area contributed by atoms with Gasteiger partial charge in [0.05, 0.1) is 6.26 Å². The van der Waals surface area contributed by atoms with Crippen LogP contribution in [-0.4, -0.2) is 38.0 Å². The van der Waals surface area contributed by atoms with Gasteiger partial charge in [0.1, 0.15) is 0 Å². The number of rotatable bonds is 8. The molecular formula is C14H20N2O3S. The van der Waals surface area contributed by atoms with Gasteiger partial charge in [-0.05, 0) is 5.56 Å². The molecule has 110 valence electrons. The number of hydrogen-bond acceptors (Lipinski definition) is 3. The predicted molar refractivity (Wildman–Crippen MR) is 79.5 cm³/mol. The Morgan fingerprint density at radius 3 is 2.55 bits per heavy atom. The lowest BCUT2D eigenvalue weighted by atomic mass is 10.2. The van der Waals surface area contributed by atoms with E-state index in [0.29, 0.717) is 6.54 Å². The Morgan fingerprint density at radius 2 is 2.00 bits per heavy atom. The van der Waals surface area contributed by atoms with E-state index in [1.165, 1.54) is 4.31 Å². The third-order valence-corrected chi connectivity index (χ3v) is 3.95. The van der Waals surface area contributed by atoms with Crippen molar-refractivity contribution in [2.24, 2.45) is 0 Å². The Bertz CT molecular complexity index is 541. The molecule has 5 nitrogen and oxygen atoms in total. The first-order chi connectivity index (χ1) is 9.43. The van der Waals surface area contributed by atoms with Crippen molar-refractivity contribution in [3.8, 4) is 0 Å². The monoisotopic (exact) mass is 296 g/mol. The molecule has 20 heavy (non-hydrogen) atoms. The van der Waals surface area contributed by atoms with Crippen LogP contribution in [0.2, 0.25) is 0 Å². The lowest BCUT2D eigenvalue weighted by Gasteiger charge is -2.19. The molecular weight excluding hydrogens is 276 g/mol. The maximum atomic E-state index is 11.7. The van der Waals surface area contributed by atoms with E-state index in [1.54, 1.807) is 6.08 Å². The molecule has 0 fully saturated rings. The van der Waals surface area contributed by atoms with Crippen LogP contribution in [0.25, 0.3) is 0 Å². The van der Waals surface area contributed by atoms with E-state index >= 15 is 0 Å². The highest BCUT2D eigenvalue weighted by Gasteiger charge is 2.17. The molecule has 0 saturated heterocycles. The molecule has 1 N–H and O–H groups in total. The number of carbonyl (C=O) groups excluding carboxylic acids is 1. The molecule has 1 aromatic rings. The molecule has 0 aromatic heterocycles. The number of nitrogens with one attached hydrogen (secondary N) is 1. The second-order valence-electron chi connectivity index (χ2n) is 4.42. The first-order valence-electron chi connectivity index (χ1n) is 6.30. The van der Waals surface area contributed by atoms with E-state index < -0.39 is 10.0 Å². The van der Waals surface area contributed by atoms with Crippen molar-refractivity contribution < 1.29 is 13.2 Å². The minimum absolute atomic E-state index is 0.133. The first kappa shape index (κ1) is 16.4. The van der Waals surface area contributed by atoms with Gasteiger partial charge in [0.25, 0.3) is 0 Å². The largest absolute Gasteiger partial charge is 0.353 e. The number of benzene rings is 1. The zero-order valence-electron chi connectivity index (χ0n) is 11.6. The average molecular weight is 296 g/mol. The highest BCUT2D eigenvalue weighted by molar-refractivity contribution is 7.88. The summed E-state index contributed by atoms with van der Waals surface area (Å²) in [6.45, 7) is 4.32. The maximum absolute atomic E-state index is 11.7. The zero-order valence-corrected chi connectivity index (χ0v) is 12.4. The van der Waals surface area contributed by atoms with Gasteiger partial charge in [-0.2, -0.15) is 4.31 Å². The highest BCUT2D eigenvalue weighted by atomic mass is 32.2. The topological polar surface area (TPSA) is 66.5 Å². The lowest BCUT2D eigenvalue weighted by molar-refractivity contribution is -0.121. The van der Waals surface area contributed by atoms with Crippen molar-refractivity contribution in [1.82, 2.24) is 9.62 Å². The molecule has 0 unspecified atom stereocenters. The summed E-state index contributed by atoms with van der Waals surface area (Å²) in [4.78, 5) is 11.5. The summed E-state index contributed by atoms with van der Waals surface area (Å²) >= 11 is 0. The fourth-order valence-corrected chi connectivity index (χ4v) is 2.46. The van der Waals surface area contributed by atoms with Crippen molar-refractivity contribution in [2.45, 2.75) is 13.0 Å². The smallest absolute Gasteiger partial charge is 0.221 e. The number of amides is 1. The number of carbonyl (C=O) groups is 1. The van der Waals surface area contributed by atoms with Crippen LogP contribution in [0.3, 0.4) is 0 Å². The standard InChI is InChI=1S/C14H20N2O3S/c1-3-10-15-14(17)9-11-16(20(2,18)19)12-13-7-5-4-6-8-13/h3-8H,1,9-12H2,2H3,(H,15,17). The molecule has 0 aliphatic carbocycles. The summed E-state index contributed by atoms with van der Waals surface area (Å²) in [5, 5.41) is 2.62. The normalized spacial score (nSPS) is 11.3. The second-order valence-corrected chi connectivity index (χ2v) is 6.41. The van der Waals surface area contributed by atoms with Crippen molar-refractivity contribution in [3.63, 3.8) is 0 Å². The van der Waals surface area contributed by atoms with Crippen LogP contribution in [0.5, 0.6) is 0 Å². The van der Waals surface area contributed by atoms with Gasteiger partial charge in [0.15, 0.2) is 0 Å². The Labute approximate surface area is 120 Å². The minimum atomic E-state index is -3.35. The maximum Gasteiger partial charge on any atom is 0.221 e. The second kappa shape index (κ2) is 7.81. The summed E-state index contributed by atoms with van der Waals surface area (Å²) in [6, 6.07) is 9.29. The van der Waals surface area contributed by atoms with Gasteiger partial charge in [-0.1, -0.05) is 36.4 Å². The Morgan fingerprint density at radius 1 is 1.35 bits per heavy atom. The van der Waals surface area contributed by atoms with Gasteiger partial charge in [-0.15, -0.1) is 6.58 Å². The van der Waals surface area contributed by atoms with Crippen LogP contribution in [0.15, 0.2) is 43.0 Å². The summed E-state index contributed by atoms with van der Waals surface area (Å²) < 4.78 is 24.8. The summed E-state index contributed by atoms with van der Waals surface area (Å²) in [6.07, 6.45) is 2.86. The molecule has 1 rings (SSSR count). The van der Waals surface area contributed by atoms with E-state index in [2.05, 4.69) is 11.9 Å². The van der Waals surface area contributed by atoms with E-state index in [9.17, 15) is 13.2 Å². The summed E-state index contributed by atoms with van der Waals surface area (Å²) in [5.74, 6) is -0.188. The number of sulfonamides is 1. The molecule has 0 spiro atoms. The highest BCUT2D eigenvalue weighted by Crippen LogP contribution is 2.08. The van der Waals surface area contributed by atoms with Gasteiger partial charge < -0.3 is 5.32 Å². The van der Waals surface area contributed by atoms with Gasteiger partial charge in [0, 0.05) is 26.1 Å². The summed E-state index contributed by atoms with van der Waals surface area (Å²) in [5.41, 5.74) is 0.893. The van der Waals surface area contributed by atoms with Gasteiger partial charge in [-0.3, -0.25) is 4.79 Å².